The minimum Gasteiger partial charge on any atom is -0.439 e. The molecule has 0 aliphatic rings. The van der Waals surface area contributed by atoms with E-state index in [0.29, 0.717) is 11.7 Å². The lowest BCUT2D eigenvalue weighted by atomic mass is 10.2. The van der Waals surface area contributed by atoms with Crippen LogP contribution in [0.1, 0.15) is 18.9 Å². The first-order chi connectivity index (χ1) is 9.24. The summed E-state index contributed by atoms with van der Waals surface area (Å²) in [6.07, 6.45) is 3.21. The second-order valence-corrected chi connectivity index (χ2v) is 5.20. The summed E-state index contributed by atoms with van der Waals surface area (Å²) in [5.74, 6) is 7.37. The van der Waals surface area contributed by atoms with Crippen molar-refractivity contribution in [3.05, 3.63) is 39.7 Å². The molecule has 0 fully saturated rings. The number of hydrogen-bond acceptors (Lipinski definition) is 5. The zero-order valence-electron chi connectivity index (χ0n) is 10.6. The minimum absolute atomic E-state index is 0.547. The van der Waals surface area contributed by atoms with Crippen LogP contribution < -0.4 is 16.0 Å². The Hall–Kier alpha value is -1.41. The number of rotatable bonds is 5. The molecule has 1 aromatic carbocycles. The Kier molecular flexibility index (Phi) is 4.92. The molecule has 19 heavy (non-hydrogen) atoms. The van der Waals surface area contributed by atoms with Crippen LogP contribution >= 0.6 is 22.6 Å². The van der Waals surface area contributed by atoms with Crippen molar-refractivity contribution in [1.82, 2.24) is 9.97 Å². The summed E-state index contributed by atoms with van der Waals surface area (Å²) in [6, 6.07) is 7.79. The smallest absolute Gasteiger partial charge is 0.227 e. The van der Waals surface area contributed by atoms with E-state index in [0.717, 1.165) is 27.7 Å². The monoisotopic (exact) mass is 370 g/mol. The number of aromatic nitrogens is 2. The summed E-state index contributed by atoms with van der Waals surface area (Å²) in [5, 5.41) is 0. The van der Waals surface area contributed by atoms with E-state index in [2.05, 4.69) is 44.9 Å². The normalized spacial score (nSPS) is 10.3. The van der Waals surface area contributed by atoms with Crippen molar-refractivity contribution in [1.29, 1.82) is 0 Å². The van der Waals surface area contributed by atoms with Crippen LogP contribution in [-0.4, -0.2) is 9.97 Å². The van der Waals surface area contributed by atoms with Crippen LogP contribution in [0.5, 0.6) is 11.6 Å². The highest BCUT2D eigenvalue weighted by Crippen LogP contribution is 2.27. The largest absolute Gasteiger partial charge is 0.439 e. The molecule has 0 atom stereocenters. The molecule has 0 bridgehead atoms. The molecule has 3 N–H and O–H groups in total. The predicted octanol–water partition coefficient (Wildman–Crippen LogP) is 3.11. The molecule has 0 spiro atoms. The number of nitrogen functional groups attached to an aromatic ring is 1. The molecule has 1 heterocycles. The molecule has 6 heteroatoms. The number of ether oxygens (including phenoxy) is 1. The summed E-state index contributed by atoms with van der Waals surface area (Å²) in [4.78, 5) is 8.30. The Bertz CT molecular complexity index is 545. The zero-order valence-corrected chi connectivity index (χ0v) is 12.7. The van der Waals surface area contributed by atoms with Crippen molar-refractivity contribution in [3.63, 3.8) is 0 Å². The van der Waals surface area contributed by atoms with E-state index in [4.69, 9.17) is 10.6 Å². The number of nitrogens with zero attached hydrogens (tertiary/aromatic N) is 2. The van der Waals surface area contributed by atoms with Gasteiger partial charge in [-0.2, -0.15) is 0 Å². The van der Waals surface area contributed by atoms with E-state index in [1.807, 2.05) is 24.3 Å². The van der Waals surface area contributed by atoms with Crippen LogP contribution in [0.25, 0.3) is 0 Å². The van der Waals surface area contributed by atoms with Crippen molar-refractivity contribution >= 4 is 28.4 Å². The van der Waals surface area contributed by atoms with E-state index in [1.54, 1.807) is 0 Å². The summed E-state index contributed by atoms with van der Waals surface area (Å²) in [7, 11) is 0. The molecule has 0 saturated heterocycles. The van der Waals surface area contributed by atoms with Gasteiger partial charge in [-0.25, -0.2) is 15.8 Å². The third-order valence-corrected chi connectivity index (χ3v) is 3.29. The molecule has 5 nitrogen and oxygen atoms in total. The molecule has 0 unspecified atom stereocenters. The van der Waals surface area contributed by atoms with Crippen LogP contribution in [0.3, 0.4) is 0 Å². The average molecular weight is 370 g/mol. The topological polar surface area (TPSA) is 73.1 Å². The number of nitrogens with one attached hydrogen (secondary N) is 1. The fraction of sp³-hybridized carbons (Fsp3) is 0.231. The first kappa shape index (κ1) is 14.0. The highest BCUT2D eigenvalue weighted by Gasteiger charge is 2.12. The number of hydrazine groups is 1. The highest BCUT2D eigenvalue weighted by atomic mass is 127. The number of nitrogens with two attached hydrogens (primary N) is 1. The number of halogens is 1. The lowest BCUT2D eigenvalue weighted by Gasteiger charge is -2.12. The van der Waals surface area contributed by atoms with Crippen LogP contribution in [0.15, 0.2) is 30.6 Å². The van der Waals surface area contributed by atoms with Gasteiger partial charge in [-0.3, -0.25) is 0 Å². The SMILES string of the molecule is CCCc1c(NN)ncnc1Oc1ccc(I)cc1. The Balaban J connectivity index is 2.30. The standard InChI is InChI=1S/C13H15IN4O/c1-2-3-11-12(18-15)16-8-17-13(11)19-10-6-4-9(14)5-7-10/h4-8H,2-3,15H2,1H3,(H,16,17,18). The van der Waals surface area contributed by atoms with Gasteiger partial charge in [0.25, 0.3) is 0 Å². The minimum atomic E-state index is 0.547. The molecule has 1 aromatic heterocycles. The second kappa shape index (κ2) is 6.67. The quantitative estimate of drug-likeness (QED) is 0.481. The zero-order chi connectivity index (χ0) is 13.7. The lowest BCUT2D eigenvalue weighted by molar-refractivity contribution is 0.454. The average Bonchev–Trinajstić information content (AvgIpc) is 2.43. The van der Waals surface area contributed by atoms with Gasteiger partial charge in [0.15, 0.2) is 0 Å². The maximum atomic E-state index is 5.81. The van der Waals surface area contributed by atoms with Gasteiger partial charge < -0.3 is 10.2 Å². The lowest BCUT2D eigenvalue weighted by Crippen LogP contribution is -2.12. The fourth-order valence-corrected chi connectivity index (χ4v) is 2.06. The van der Waals surface area contributed by atoms with Crippen LogP contribution in [0.4, 0.5) is 5.82 Å². The molecular formula is C13H15IN4O. The van der Waals surface area contributed by atoms with Crippen LogP contribution in [-0.2, 0) is 6.42 Å². The van der Waals surface area contributed by atoms with Crippen molar-refractivity contribution in [2.75, 3.05) is 5.43 Å². The van der Waals surface area contributed by atoms with Crippen molar-refractivity contribution in [2.24, 2.45) is 5.84 Å². The highest BCUT2D eigenvalue weighted by molar-refractivity contribution is 14.1. The van der Waals surface area contributed by atoms with Crippen molar-refractivity contribution < 1.29 is 4.74 Å². The third kappa shape index (κ3) is 3.54. The van der Waals surface area contributed by atoms with Gasteiger partial charge in [0.2, 0.25) is 5.88 Å². The Labute approximate surface area is 125 Å². The molecule has 0 saturated carbocycles. The number of hydrogen-bond donors (Lipinski definition) is 2. The van der Waals surface area contributed by atoms with Gasteiger partial charge in [-0.1, -0.05) is 13.3 Å². The molecule has 0 aliphatic carbocycles. The van der Waals surface area contributed by atoms with Crippen LogP contribution in [0.2, 0.25) is 0 Å². The van der Waals surface area contributed by atoms with E-state index in [1.165, 1.54) is 6.33 Å². The maximum Gasteiger partial charge on any atom is 0.227 e. The van der Waals surface area contributed by atoms with Gasteiger partial charge in [0.1, 0.15) is 17.9 Å². The summed E-state index contributed by atoms with van der Waals surface area (Å²) in [5.41, 5.74) is 3.48. The molecule has 0 radical (unpaired) electrons. The van der Waals surface area contributed by atoms with E-state index >= 15 is 0 Å². The van der Waals surface area contributed by atoms with Gasteiger partial charge in [0, 0.05) is 3.57 Å². The van der Waals surface area contributed by atoms with Gasteiger partial charge >= 0.3 is 0 Å². The second-order valence-electron chi connectivity index (χ2n) is 3.96. The first-order valence-electron chi connectivity index (χ1n) is 5.98. The first-order valence-corrected chi connectivity index (χ1v) is 7.06. The Morgan fingerprint density at radius 2 is 2.00 bits per heavy atom. The molecule has 0 aliphatic heterocycles. The van der Waals surface area contributed by atoms with Crippen LogP contribution in [0, 0.1) is 3.57 Å². The molecular weight excluding hydrogens is 355 g/mol. The molecule has 100 valence electrons. The van der Waals surface area contributed by atoms with Crippen molar-refractivity contribution in [2.45, 2.75) is 19.8 Å². The Morgan fingerprint density at radius 3 is 2.63 bits per heavy atom. The van der Waals surface area contributed by atoms with E-state index in [-0.39, 0.29) is 0 Å². The number of anilines is 1. The van der Waals surface area contributed by atoms with Gasteiger partial charge in [-0.05, 0) is 53.3 Å². The van der Waals surface area contributed by atoms with Gasteiger partial charge in [0.05, 0.1) is 5.56 Å². The van der Waals surface area contributed by atoms with E-state index < -0.39 is 0 Å². The van der Waals surface area contributed by atoms with Crippen molar-refractivity contribution in [3.8, 4) is 11.6 Å². The number of benzene rings is 1. The fourth-order valence-electron chi connectivity index (χ4n) is 1.70. The van der Waals surface area contributed by atoms with Gasteiger partial charge in [-0.15, -0.1) is 0 Å². The Morgan fingerprint density at radius 1 is 1.26 bits per heavy atom. The summed E-state index contributed by atoms with van der Waals surface area (Å²) >= 11 is 2.25. The third-order valence-electron chi connectivity index (χ3n) is 2.57. The maximum absolute atomic E-state index is 5.81. The predicted molar refractivity (Wildman–Crippen MR) is 83.1 cm³/mol. The molecule has 0 amide bonds. The van der Waals surface area contributed by atoms with E-state index in [9.17, 15) is 0 Å². The summed E-state index contributed by atoms with van der Waals surface area (Å²) < 4.78 is 6.97. The molecule has 2 aromatic rings. The molecule has 2 rings (SSSR count). The summed E-state index contributed by atoms with van der Waals surface area (Å²) in [6.45, 7) is 2.09.